The summed E-state index contributed by atoms with van der Waals surface area (Å²) in [5.74, 6) is -1.29. The Labute approximate surface area is 230 Å². The standard InChI is InChI=1S/C29H26FN5O3S/c1-38-28(37)19-9-2-5-13-23(19)34-17-8-14-24(34)27-26(22-12-6-7-16-31-22)33-29(39)35(27)18-15-25(36)32-21-11-4-3-10-20(21)30/h2-14,16-17,26-27H,15,18H2,1H3,(H,32,36)(H,33,39). The van der Waals surface area contributed by atoms with Gasteiger partial charge in [-0.15, -0.1) is 0 Å². The van der Waals surface area contributed by atoms with E-state index in [1.807, 2.05) is 58.1 Å². The van der Waals surface area contributed by atoms with E-state index in [9.17, 15) is 14.0 Å². The first-order valence-corrected chi connectivity index (χ1v) is 12.8. The lowest BCUT2D eigenvalue weighted by Gasteiger charge is -2.29. The van der Waals surface area contributed by atoms with Gasteiger partial charge in [-0.25, -0.2) is 9.18 Å². The van der Waals surface area contributed by atoms with Gasteiger partial charge < -0.3 is 24.8 Å². The molecule has 8 nitrogen and oxygen atoms in total. The smallest absolute Gasteiger partial charge is 0.339 e. The van der Waals surface area contributed by atoms with Gasteiger partial charge in [-0.3, -0.25) is 9.78 Å². The van der Waals surface area contributed by atoms with Crippen LogP contribution in [0, 0.1) is 5.82 Å². The molecule has 2 aromatic carbocycles. The molecule has 4 aromatic rings. The van der Waals surface area contributed by atoms with Gasteiger partial charge in [0.15, 0.2) is 5.11 Å². The molecule has 3 heterocycles. The van der Waals surface area contributed by atoms with Gasteiger partial charge in [0.1, 0.15) is 5.82 Å². The fourth-order valence-electron chi connectivity index (χ4n) is 4.79. The van der Waals surface area contributed by atoms with E-state index >= 15 is 0 Å². The number of para-hydroxylation sites is 2. The predicted octanol–water partition coefficient (Wildman–Crippen LogP) is 4.80. The van der Waals surface area contributed by atoms with Crippen molar-refractivity contribution in [2.24, 2.45) is 0 Å². The van der Waals surface area contributed by atoms with Crippen LogP contribution in [0.4, 0.5) is 10.1 Å². The average Bonchev–Trinajstić information content (AvgIpc) is 3.57. The third-order valence-electron chi connectivity index (χ3n) is 6.58. The maximum Gasteiger partial charge on any atom is 0.339 e. The number of ether oxygens (including phenoxy) is 1. The van der Waals surface area contributed by atoms with Crippen molar-refractivity contribution < 1.29 is 18.7 Å². The van der Waals surface area contributed by atoms with E-state index in [1.54, 1.807) is 30.5 Å². The molecule has 0 aliphatic carbocycles. The van der Waals surface area contributed by atoms with Crippen molar-refractivity contribution in [3.05, 3.63) is 114 Å². The van der Waals surface area contributed by atoms with Crippen LogP contribution >= 0.6 is 12.2 Å². The van der Waals surface area contributed by atoms with Crippen LogP contribution < -0.4 is 10.6 Å². The number of rotatable bonds is 8. The Morgan fingerprint density at radius 1 is 1.05 bits per heavy atom. The molecule has 2 N–H and O–H groups in total. The highest BCUT2D eigenvalue weighted by molar-refractivity contribution is 7.80. The zero-order chi connectivity index (χ0) is 27.4. The number of hydrogen-bond acceptors (Lipinski definition) is 5. The number of carbonyl (C=O) groups excluding carboxylic acids is 2. The number of amides is 1. The first-order valence-electron chi connectivity index (χ1n) is 12.4. The number of carbonyl (C=O) groups is 2. The average molecular weight is 544 g/mol. The number of methoxy groups -OCH3 is 1. The van der Waals surface area contributed by atoms with Gasteiger partial charge in [-0.05, 0) is 60.7 Å². The highest BCUT2D eigenvalue weighted by Crippen LogP contribution is 2.40. The summed E-state index contributed by atoms with van der Waals surface area (Å²) in [7, 11) is 1.35. The second-order valence-corrected chi connectivity index (χ2v) is 9.30. The SMILES string of the molecule is COC(=O)c1ccccc1-n1cccc1C1C(c2ccccn2)NC(=S)N1CCC(=O)Nc1ccccc1F. The molecule has 39 heavy (non-hydrogen) atoms. The molecule has 1 fully saturated rings. The molecule has 10 heteroatoms. The summed E-state index contributed by atoms with van der Waals surface area (Å²) in [5.41, 5.74) is 2.80. The van der Waals surface area contributed by atoms with Crippen LogP contribution in [-0.4, -0.2) is 45.1 Å². The number of pyridine rings is 1. The lowest BCUT2D eigenvalue weighted by molar-refractivity contribution is -0.116. The zero-order valence-corrected chi connectivity index (χ0v) is 21.9. The normalized spacial score (nSPS) is 16.6. The van der Waals surface area contributed by atoms with Crippen LogP contribution in [0.25, 0.3) is 5.69 Å². The van der Waals surface area contributed by atoms with Gasteiger partial charge in [-0.2, -0.15) is 0 Å². The Kier molecular flexibility index (Phi) is 7.64. The second kappa shape index (κ2) is 11.4. The Hall–Kier alpha value is -4.57. The maximum absolute atomic E-state index is 14.1. The van der Waals surface area contributed by atoms with Crippen molar-refractivity contribution in [1.29, 1.82) is 0 Å². The molecule has 0 saturated carbocycles. The molecule has 0 bridgehead atoms. The monoisotopic (exact) mass is 543 g/mol. The number of nitrogens with one attached hydrogen (secondary N) is 2. The lowest BCUT2D eigenvalue weighted by atomic mass is 10.0. The maximum atomic E-state index is 14.1. The van der Waals surface area contributed by atoms with Crippen LogP contribution in [0.1, 0.15) is 40.3 Å². The first-order chi connectivity index (χ1) is 19.0. The van der Waals surface area contributed by atoms with Crippen LogP contribution in [-0.2, 0) is 9.53 Å². The first kappa shape index (κ1) is 26.1. The third-order valence-corrected chi connectivity index (χ3v) is 6.93. The number of aromatic nitrogens is 2. The van der Waals surface area contributed by atoms with Gasteiger partial charge in [0.05, 0.1) is 41.8 Å². The molecule has 2 unspecified atom stereocenters. The number of hydrogen-bond donors (Lipinski definition) is 2. The van der Waals surface area contributed by atoms with E-state index in [0.717, 1.165) is 11.4 Å². The van der Waals surface area contributed by atoms with E-state index in [1.165, 1.54) is 19.2 Å². The summed E-state index contributed by atoms with van der Waals surface area (Å²) in [6.45, 7) is 0.268. The molecule has 1 amide bonds. The molecule has 2 atom stereocenters. The molecular weight excluding hydrogens is 517 g/mol. The van der Waals surface area contributed by atoms with Crippen molar-refractivity contribution in [2.75, 3.05) is 19.0 Å². The van der Waals surface area contributed by atoms with E-state index < -0.39 is 11.8 Å². The third kappa shape index (κ3) is 5.37. The molecule has 0 spiro atoms. The summed E-state index contributed by atoms with van der Waals surface area (Å²) in [6, 6.07) is 22.0. The van der Waals surface area contributed by atoms with Crippen LogP contribution in [0.15, 0.2) is 91.3 Å². The minimum Gasteiger partial charge on any atom is -0.465 e. The van der Waals surface area contributed by atoms with Crippen LogP contribution in [0.2, 0.25) is 0 Å². The highest BCUT2D eigenvalue weighted by atomic mass is 32.1. The molecule has 2 aromatic heterocycles. The van der Waals surface area contributed by atoms with E-state index in [4.69, 9.17) is 17.0 Å². The Morgan fingerprint density at radius 3 is 2.59 bits per heavy atom. The number of benzene rings is 2. The molecule has 5 rings (SSSR count). The minimum absolute atomic E-state index is 0.0705. The summed E-state index contributed by atoms with van der Waals surface area (Å²) in [4.78, 5) is 31.8. The van der Waals surface area contributed by atoms with Crippen LogP contribution in [0.3, 0.4) is 0 Å². The fourth-order valence-corrected chi connectivity index (χ4v) is 5.12. The van der Waals surface area contributed by atoms with Gasteiger partial charge in [0, 0.05) is 31.1 Å². The molecule has 198 valence electrons. The Morgan fingerprint density at radius 2 is 1.82 bits per heavy atom. The van der Waals surface area contributed by atoms with Gasteiger partial charge in [0.25, 0.3) is 0 Å². The van der Waals surface area contributed by atoms with Crippen LogP contribution in [0.5, 0.6) is 0 Å². The topological polar surface area (TPSA) is 88.5 Å². The van der Waals surface area contributed by atoms with Crippen molar-refractivity contribution in [2.45, 2.75) is 18.5 Å². The minimum atomic E-state index is -0.501. The largest absolute Gasteiger partial charge is 0.465 e. The molecule has 0 radical (unpaired) electrons. The van der Waals surface area contributed by atoms with E-state index in [0.29, 0.717) is 16.4 Å². The number of halogens is 1. The van der Waals surface area contributed by atoms with Crippen molar-refractivity contribution in [3.63, 3.8) is 0 Å². The van der Waals surface area contributed by atoms with Gasteiger partial charge >= 0.3 is 5.97 Å². The zero-order valence-electron chi connectivity index (χ0n) is 21.1. The Bertz CT molecular complexity index is 1510. The summed E-state index contributed by atoms with van der Waals surface area (Å²) in [6.07, 6.45) is 3.66. The fraction of sp³-hybridized carbons (Fsp3) is 0.172. The summed E-state index contributed by atoms with van der Waals surface area (Å²) >= 11 is 5.73. The molecule has 1 aliphatic rings. The predicted molar refractivity (Wildman–Crippen MR) is 149 cm³/mol. The van der Waals surface area contributed by atoms with Gasteiger partial charge in [0.2, 0.25) is 5.91 Å². The second-order valence-electron chi connectivity index (χ2n) is 8.91. The highest BCUT2D eigenvalue weighted by Gasteiger charge is 2.41. The number of esters is 1. The van der Waals surface area contributed by atoms with Gasteiger partial charge in [-0.1, -0.05) is 30.3 Å². The van der Waals surface area contributed by atoms with Crippen molar-refractivity contribution >= 4 is 34.9 Å². The number of anilines is 1. The Balaban J connectivity index is 1.49. The lowest BCUT2D eigenvalue weighted by Crippen LogP contribution is -2.33. The van der Waals surface area contributed by atoms with Crippen molar-refractivity contribution in [1.82, 2.24) is 19.8 Å². The summed E-state index contributed by atoms with van der Waals surface area (Å²) in [5, 5.41) is 6.46. The van der Waals surface area contributed by atoms with Crippen molar-refractivity contribution in [3.8, 4) is 5.69 Å². The number of nitrogens with zero attached hydrogens (tertiary/aromatic N) is 3. The molecule has 1 aliphatic heterocycles. The van der Waals surface area contributed by atoms with E-state index in [-0.39, 0.29) is 36.6 Å². The number of thiocarbonyl (C=S) groups is 1. The molecular formula is C29H26FN5O3S. The summed E-state index contributed by atoms with van der Waals surface area (Å²) < 4.78 is 21.0. The molecule has 1 saturated heterocycles. The quantitative estimate of drug-likeness (QED) is 0.244. The van der Waals surface area contributed by atoms with E-state index in [2.05, 4.69) is 15.6 Å².